The Morgan fingerprint density at radius 3 is 2.54 bits per heavy atom. The Kier molecular flexibility index (Phi) is 4.42. The van der Waals surface area contributed by atoms with Crippen molar-refractivity contribution >= 4 is 17.5 Å². The molecule has 2 aromatic heterocycles. The minimum Gasteiger partial charge on any atom is -0.329 e. The van der Waals surface area contributed by atoms with Crippen LogP contribution < -0.4 is 0 Å². The van der Waals surface area contributed by atoms with E-state index < -0.39 is 0 Å². The molecule has 7 heteroatoms. The van der Waals surface area contributed by atoms with Gasteiger partial charge in [-0.3, -0.25) is 9.78 Å². The summed E-state index contributed by atoms with van der Waals surface area (Å²) in [5.74, 6) is 0.744. The van der Waals surface area contributed by atoms with Crippen molar-refractivity contribution in [1.82, 2.24) is 24.6 Å². The van der Waals surface area contributed by atoms with Gasteiger partial charge in [-0.2, -0.15) is 0 Å². The van der Waals surface area contributed by atoms with Gasteiger partial charge in [-0.1, -0.05) is 11.6 Å². The van der Waals surface area contributed by atoms with Crippen LogP contribution in [0.15, 0.2) is 48.8 Å². The Morgan fingerprint density at radius 2 is 1.88 bits per heavy atom. The molecule has 0 saturated heterocycles. The van der Waals surface area contributed by atoms with Crippen molar-refractivity contribution in [3.05, 3.63) is 71.0 Å². The second kappa shape index (κ2) is 6.88. The Hall–Kier alpha value is -2.73. The van der Waals surface area contributed by atoms with E-state index in [-0.39, 0.29) is 17.8 Å². The van der Waals surface area contributed by atoms with E-state index in [1.54, 1.807) is 29.2 Å². The molecule has 26 heavy (non-hydrogen) atoms. The molecule has 1 aliphatic rings. The normalized spacial score (nSPS) is 13.6. The number of aromatic nitrogens is 4. The van der Waals surface area contributed by atoms with Gasteiger partial charge < -0.3 is 4.90 Å². The Bertz CT molecular complexity index is 919. The van der Waals surface area contributed by atoms with E-state index >= 15 is 0 Å². The van der Waals surface area contributed by atoms with Gasteiger partial charge in [-0.15, -0.1) is 5.10 Å². The summed E-state index contributed by atoms with van der Waals surface area (Å²) in [4.78, 5) is 23.3. The molecule has 4 rings (SSSR count). The Labute approximate surface area is 156 Å². The molecule has 1 fully saturated rings. The summed E-state index contributed by atoms with van der Waals surface area (Å²) in [7, 11) is 0. The van der Waals surface area contributed by atoms with Gasteiger partial charge in [0.25, 0.3) is 5.91 Å². The average Bonchev–Trinajstić information content (AvgIpc) is 3.42. The van der Waals surface area contributed by atoms with E-state index in [0.29, 0.717) is 17.4 Å². The van der Waals surface area contributed by atoms with Crippen LogP contribution in [0.25, 0.3) is 5.69 Å². The van der Waals surface area contributed by atoms with Crippen LogP contribution in [0.1, 0.15) is 34.8 Å². The Balaban J connectivity index is 1.60. The van der Waals surface area contributed by atoms with Gasteiger partial charge in [0.2, 0.25) is 5.82 Å². The summed E-state index contributed by atoms with van der Waals surface area (Å²) in [6.07, 6.45) is 5.52. The number of rotatable bonds is 5. The number of nitrogens with zero attached hydrogens (tertiary/aromatic N) is 5. The van der Waals surface area contributed by atoms with Crippen molar-refractivity contribution in [2.24, 2.45) is 0 Å². The minimum absolute atomic E-state index is 0.139. The molecule has 0 N–H and O–H groups in total. The first kappa shape index (κ1) is 16.7. The summed E-state index contributed by atoms with van der Waals surface area (Å²) in [5, 5.41) is 5.09. The molecule has 1 aliphatic carbocycles. The molecule has 0 atom stereocenters. The summed E-state index contributed by atoms with van der Waals surface area (Å²) in [6.45, 7) is 2.38. The van der Waals surface area contributed by atoms with Crippen LogP contribution in [0.2, 0.25) is 5.02 Å². The van der Waals surface area contributed by atoms with Crippen LogP contribution in [0.5, 0.6) is 0 Å². The number of hydrogen-bond acceptors (Lipinski definition) is 4. The fourth-order valence-electron chi connectivity index (χ4n) is 2.87. The third-order valence-corrected chi connectivity index (χ3v) is 4.63. The van der Waals surface area contributed by atoms with Crippen LogP contribution in [0, 0.1) is 6.92 Å². The SMILES string of the molecule is Cc1nc(C(=O)N(Cc2ccncc2)C2CC2)nn1-c1ccc(Cl)cc1. The van der Waals surface area contributed by atoms with E-state index in [4.69, 9.17) is 11.6 Å². The lowest BCUT2D eigenvalue weighted by molar-refractivity contribution is 0.0717. The molecule has 0 spiro atoms. The topological polar surface area (TPSA) is 63.9 Å². The first-order valence-electron chi connectivity index (χ1n) is 8.51. The van der Waals surface area contributed by atoms with E-state index in [0.717, 1.165) is 24.1 Å². The zero-order valence-electron chi connectivity index (χ0n) is 14.3. The molecule has 1 amide bonds. The number of pyridine rings is 1. The highest BCUT2D eigenvalue weighted by molar-refractivity contribution is 6.30. The molecule has 132 valence electrons. The first-order chi connectivity index (χ1) is 12.6. The molecular weight excluding hydrogens is 350 g/mol. The van der Waals surface area contributed by atoms with E-state index in [1.807, 2.05) is 36.1 Å². The number of benzene rings is 1. The monoisotopic (exact) mass is 367 g/mol. The molecule has 1 aromatic carbocycles. The number of hydrogen-bond donors (Lipinski definition) is 0. The molecule has 0 aliphatic heterocycles. The first-order valence-corrected chi connectivity index (χ1v) is 8.89. The number of halogens is 1. The van der Waals surface area contributed by atoms with Gasteiger partial charge in [0, 0.05) is 30.0 Å². The van der Waals surface area contributed by atoms with Crippen LogP contribution >= 0.6 is 11.6 Å². The maximum Gasteiger partial charge on any atom is 0.294 e. The zero-order valence-corrected chi connectivity index (χ0v) is 15.1. The van der Waals surface area contributed by atoms with Gasteiger partial charge in [0.05, 0.1) is 5.69 Å². The quantitative estimate of drug-likeness (QED) is 0.693. The molecular formula is C19H18ClN5O. The maximum absolute atomic E-state index is 13.0. The van der Waals surface area contributed by atoms with Gasteiger partial charge >= 0.3 is 0 Å². The van der Waals surface area contributed by atoms with Crippen LogP contribution in [-0.4, -0.2) is 36.6 Å². The molecule has 0 radical (unpaired) electrons. The summed E-state index contributed by atoms with van der Waals surface area (Å²) in [6, 6.07) is 11.4. The second-order valence-electron chi connectivity index (χ2n) is 6.39. The molecule has 0 unspecified atom stereocenters. The summed E-state index contributed by atoms with van der Waals surface area (Å²) in [5.41, 5.74) is 1.87. The number of amides is 1. The predicted octanol–water partition coefficient (Wildman–Crippen LogP) is 3.43. The standard InChI is InChI=1S/C19H18ClN5O/c1-13-22-18(23-25(13)17-4-2-15(20)3-5-17)19(26)24(16-6-7-16)12-14-8-10-21-11-9-14/h2-5,8-11,16H,6-7,12H2,1H3. The summed E-state index contributed by atoms with van der Waals surface area (Å²) < 4.78 is 1.67. The molecule has 1 saturated carbocycles. The lowest BCUT2D eigenvalue weighted by Crippen LogP contribution is -2.33. The number of carbonyl (C=O) groups is 1. The fraction of sp³-hybridized carbons (Fsp3) is 0.263. The average molecular weight is 368 g/mol. The van der Waals surface area contributed by atoms with Crippen molar-refractivity contribution in [2.45, 2.75) is 32.4 Å². The third kappa shape index (κ3) is 3.46. The zero-order chi connectivity index (χ0) is 18.1. The smallest absolute Gasteiger partial charge is 0.294 e. The summed E-state index contributed by atoms with van der Waals surface area (Å²) >= 11 is 5.94. The second-order valence-corrected chi connectivity index (χ2v) is 6.83. The highest BCUT2D eigenvalue weighted by Crippen LogP contribution is 2.29. The van der Waals surface area contributed by atoms with Gasteiger partial charge in [-0.25, -0.2) is 9.67 Å². The molecule has 0 bridgehead atoms. The lowest BCUT2D eigenvalue weighted by atomic mass is 10.2. The highest BCUT2D eigenvalue weighted by atomic mass is 35.5. The van der Waals surface area contributed by atoms with E-state index in [9.17, 15) is 4.79 Å². The van der Waals surface area contributed by atoms with E-state index in [1.165, 1.54) is 0 Å². The van der Waals surface area contributed by atoms with Gasteiger partial charge in [0.15, 0.2) is 0 Å². The van der Waals surface area contributed by atoms with Gasteiger partial charge in [-0.05, 0) is 61.7 Å². The van der Waals surface area contributed by atoms with E-state index in [2.05, 4.69) is 15.1 Å². The van der Waals surface area contributed by atoms with Crippen molar-refractivity contribution in [1.29, 1.82) is 0 Å². The highest BCUT2D eigenvalue weighted by Gasteiger charge is 2.35. The fourth-order valence-corrected chi connectivity index (χ4v) is 3.00. The maximum atomic E-state index is 13.0. The van der Waals surface area contributed by atoms with Crippen molar-refractivity contribution < 1.29 is 4.79 Å². The number of aryl methyl sites for hydroxylation is 1. The van der Waals surface area contributed by atoms with Crippen LogP contribution in [-0.2, 0) is 6.54 Å². The van der Waals surface area contributed by atoms with Crippen LogP contribution in [0.4, 0.5) is 0 Å². The largest absolute Gasteiger partial charge is 0.329 e. The minimum atomic E-state index is -0.139. The lowest BCUT2D eigenvalue weighted by Gasteiger charge is -2.20. The molecule has 3 aromatic rings. The van der Waals surface area contributed by atoms with Crippen molar-refractivity contribution in [3.8, 4) is 5.69 Å². The van der Waals surface area contributed by atoms with Gasteiger partial charge in [0.1, 0.15) is 5.82 Å². The van der Waals surface area contributed by atoms with Crippen LogP contribution in [0.3, 0.4) is 0 Å². The van der Waals surface area contributed by atoms with Crippen molar-refractivity contribution in [2.75, 3.05) is 0 Å². The van der Waals surface area contributed by atoms with Crippen molar-refractivity contribution in [3.63, 3.8) is 0 Å². The number of carbonyl (C=O) groups excluding carboxylic acids is 1. The molecule has 6 nitrogen and oxygen atoms in total. The Morgan fingerprint density at radius 1 is 1.19 bits per heavy atom. The molecule has 2 heterocycles. The predicted molar refractivity (Wildman–Crippen MR) is 98.2 cm³/mol. The third-order valence-electron chi connectivity index (χ3n) is 4.38.